The second-order valence-electron chi connectivity index (χ2n) is 7.38. The van der Waals surface area contributed by atoms with Crippen LogP contribution in [0.4, 0.5) is 19.1 Å². The van der Waals surface area contributed by atoms with Crippen molar-refractivity contribution in [2.24, 2.45) is 0 Å². The topological polar surface area (TPSA) is 87.1 Å². The van der Waals surface area contributed by atoms with Gasteiger partial charge in [0.1, 0.15) is 0 Å². The second-order valence-corrected chi connectivity index (χ2v) is 7.38. The van der Waals surface area contributed by atoms with E-state index in [2.05, 4.69) is 24.8 Å². The smallest absolute Gasteiger partial charge is 0.338 e. The molecule has 4 rings (SSSR count). The molecule has 1 saturated heterocycles. The van der Waals surface area contributed by atoms with E-state index in [0.717, 1.165) is 48.9 Å². The molecule has 8 nitrogen and oxygen atoms in total. The molecule has 3 heterocycles. The fourth-order valence-corrected chi connectivity index (χ4v) is 3.71. The van der Waals surface area contributed by atoms with Crippen molar-refractivity contribution in [1.29, 1.82) is 0 Å². The van der Waals surface area contributed by atoms with E-state index in [1.807, 2.05) is 0 Å². The maximum absolute atomic E-state index is 13.0. The maximum atomic E-state index is 13.0. The molecule has 2 aromatic heterocycles. The van der Waals surface area contributed by atoms with Crippen LogP contribution in [0.25, 0.3) is 10.9 Å². The van der Waals surface area contributed by atoms with Crippen LogP contribution in [0.15, 0.2) is 46.2 Å². The quantitative estimate of drug-likeness (QED) is 0.658. The van der Waals surface area contributed by atoms with Gasteiger partial charge in [0, 0.05) is 45.1 Å². The van der Waals surface area contributed by atoms with E-state index in [1.54, 1.807) is 18.5 Å². The maximum Gasteiger partial charge on any atom is 0.416 e. The molecule has 1 aliphatic heterocycles. The molecule has 1 aliphatic rings. The fourth-order valence-electron chi connectivity index (χ4n) is 3.71. The predicted molar refractivity (Wildman–Crippen MR) is 109 cm³/mol. The monoisotopic (exact) mass is 434 g/mol. The second kappa shape index (κ2) is 8.50. The average molecular weight is 434 g/mol. The SMILES string of the molecule is O=c1[nH]c2ccc(C(F)(F)F)cc2c(=O)n1CCCN1CCN(c2ncccn2)CC1. The molecule has 0 unspecified atom stereocenters. The van der Waals surface area contributed by atoms with Crippen LogP contribution < -0.4 is 16.1 Å². The van der Waals surface area contributed by atoms with Gasteiger partial charge in [0.15, 0.2) is 0 Å². The Bertz CT molecular complexity index is 1170. The molecular weight excluding hydrogens is 413 g/mol. The Hall–Kier alpha value is -3.21. The van der Waals surface area contributed by atoms with Gasteiger partial charge in [-0.1, -0.05) is 0 Å². The molecule has 0 bridgehead atoms. The lowest BCUT2D eigenvalue weighted by Gasteiger charge is -2.34. The molecule has 11 heteroatoms. The van der Waals surface area contributed by atoms with Crippen LogP contribution >= 0.6 is 0 Å². The number of hydrogen-bond donors (Lipinski definition) is 1. The molecule has 164 valence electrons. The first-order valence-electron chi connectivity index (χ1n) is 9.91. The van der Waals surface area contributed by atoms with E-state index in [0.29, 0.717) is 18.9 Å². The van der Waals surface area contributed by atoms with Gasteiger partial charge < -0.3 is 9.88 Å². The lowest BCUT2D eigenvalue weighted by molar-refractivity contribution is -0.137. The van der Waals surface area contributed by atoms with Crippen molar-refractivity contribution in [3.63, 3.8) is 0 Å². The summed E-state index contributed by atoms with van der Waals surface area (Å²) in [6, 6.07) is 4.51. The minimum atomic E-state index is -4.56. The first kappa shape index (κ1) is 21.0. The summed E-state index contributed by atoms with van der Waals surface area (Å²) >= 11 is 0. The minimum Gasteiger partial charge on any atom is -0.338 e. The largest absolute Gasteiger partial charge is 0.416 e. The van der Waals surface area contributed by atoms with Crippen LogP contribution in [0, 0.1) is 0 Å². The van der Waals surface area contributed by atoms with E-state index in [9.17, 15) is 22.8 Å². The third kappa shape index (κ3) is 4.61. The van der Waals surface area contributed by atoms with Crippen LogP contribution in [-0.4, -0.2) is 57.1 Å². The highest BCUT2D eigenvalue weighted by molar-refractivity contribution is 5.78. The fraction of sp³-hybridized carbons (Fsp3) is 0.400. The van der Waals surface area contributed by atoms with Crippen LogP contribution in [0.5, 0.6) is 0 Å². The number of piperazine rings is 1. The summed E-state index contributed by atoms with van der Waals surface area (Å²) in [5, 5.41) is -0.147. The first-order valence-corrected chi connectivity index (χ1v) is 9.91. The summed E-state index contributed by atoms with van der Waals surface area (Å²) in [6.45, 7) is 3.90. The zero-order valence-corrected chi connectivity index (χ0v) is 16.6. The lowest BCUT2D eigenvalue weighted by Crippen LogP contribution is -2.47. The molecule has 1 aromatic carbocycles. The molecule has 0 amide bonds. The Labute approximate surface area is 175 Å². The van der Waals surface area contributed by atoms with Gasteiger partial charge >= 0.3 is 11.9 Å². The summed E-state index contributed by atoms with van der Waals surface area (Å²) in [6.07, 6.45) is -0.639. The normalized spacial score (nSPS) is 15.5. The van der Waals surface area contributed by atoms with E-state index in [1.165, 1.54) is 0 Å². The number of nitrogens with one attached hydrogen (secondary N) is 1. The van der Waals surface area contributed by atoms with Crippen molar-refractivity contribution in [2.45, 2.75) is 19.1 Å². The van der Waals surface area contributed by atoms with Gasteiger partial charge in [-0.2, -0.15) is 13.2 Å². The van der Waals surface area contributed by atoms with Crippen molar-refractivity contribution >= 4 is 16.9 Å². The number of rotatable bonds is 5. The van der Waals surface area contributed by atoms with Crippen LogP contribution in [-0.2, 0) is 12.7 Å². The number of benzene rings is 1. The predicted octanol–water partition coefficient (Wildman–Crippen LogP) is 1.71. The highest BCUT2D eigenvalue weighted by Gasteiger charge is 2.31. The van der Waals surface area contributed by atoms with Crippen molar-refractivity contribution < 1.29 is 13.2 Å². The molecule has 1 fully saturated rings. The van der Waals surface area contributed by atoms with Crippen molar-refractivity contribution in [3.05, 3.63) is 63.1 Å². The summed E-state index contributed by atoms with van der Waals surface area (Å²) in [4.78, 5) is 40.2. The highest BCUT2D eigenvalue weighted by Crippen LogP contribution is 2.30. The average Bonchev–Trinajstić information content (AvgIpc) is 2.76. The van der Waals surface area contributed by atoms with Gasteiger partial charge in [0.25, 0.3) is 5.56 Å². The third-order valence-electron chi connectivity index (χ3n) is 5.37. The third-order valence-corrected chi connectivity index (χ3v) is 5.37. The number of alkyl halides is 3. The molecule has 0 saturated carbocycles. The molecular formula is C20H21F3N6O2. The van der Waals surface area contributed by atoms with E-state index < -0.39 is 23.0 Å². The zero-order chi connectivity index (χ0) is 22.0. The molecule has 1 N–H and O–H groups in total. The zero-order valence-electron chi connectivity index (χ0n) is 16.6. The van der Waals surface area contributed by atoms with Crippen molar-refractivity contribution in [1.82, 2.24) is 24.4 Å². The number of H-pyrrole nitrogens is 1. The van der Waals surface area contributed by atoms with Crippen LogP contribution in [0.3, 0.4) is 0 Å². The van der Waals surface area contributed by atoms with Gasteiger partial charge in [0.2, 0.25) is 5.95 Å². The standard InChI is InChI=1S/C20H21F3N6O2/c21-20(22,23)14-3-4-16-15(13-14)17(30)29(19(31)26-16)8-2-7-27-9-11-28(12-10-27)18-24-5-1-6-25-18/h1,3-6,13H,2,7-12H2,(H,26,31). The highest BCUT2D eigenvalue weighted by atomic mass is 19.4. The van der Waals surface area contributed by atoms with Crippen molar-refractivity contribution in [3.8, 4) is 0 Å². The number of halogens is 3. The molecule has 0 atom stereocenters. The number of aromatic amines is 1. The van der Waals surface area contributed by atoms with Gasteiger partial charge in [0.05, 0.1) is 16.5 Å². The van der Waals surface area contributed by atoms with Gasteiger partial charge in [-0.3, -0.25) is 14.3 Å². The summed E-state index contributed by atoms with van der Waals surface area (Å²) in [7, 11) is 0. The Morgan fingerprint density at radius 2 is 1.71 bits per heavy atom. The summed E-state index contributed by atoms with van der Waals surface area (Å²) < 4.78 is 39.9. The molecule has 0 radical (unpaired) electrons. The summed E-state index contributed by atoms with van der Waals surface area (Å²) in [5.74, 6) is 0.689. The van der Waals surface area contributed by atoms with Crippen molar-refractivity contribution in [2.75, 3.05) is 37.6 Å². The van der Waals surface area contributed by atoms with Gasteiger partial charge in [-0.25, -0.2) is 14.8 Å². The lowest BCUT2D eigenvalue weighted by atomic mass is 10.1. The molecule has 31 heavy (non-hydrogen) atoms. The summed E-state index contributed by atoms with van der Waals surface area (Å²) in [5.41, 5.74) is -2.16. The minimum absolute atomic E-state index is 0.0958. The first-order chi connectivity index (χ1) is 14.8. The van der Waals surface area contributed by atoms with E-state index in [-0.39, 0.29) is 17.4 Å². The van der Waals surface area contributed by atoms with Gasteiger partial charge in [-0.15, -0.1) is 0 Å². The number of anilines is 1. The number of aromatic nitrogens is 4. The van der Waals surface area contributed by atoms with Gasteiger partial charge in [-0.05, 0) is 37.2 Å². The van der Waals surface area contributed by atoms with E-state index in [4.69, 9.17) is 0 Å². The molecule has 3 aromatic rings. The Morgan fingerprint density at radius 3 is 2.39 bits per heavy atom. The Morgan fingerprint density at radius 1 is 1.00 bits per heavy atom. The number of hydrogen-bond acceptors (Lipinski definition) is 6. The van der Waals surface area contributed by atoms with E-state index >= 15 is 0 Å². The number of nitrogens with zero attached hydrogens (tertiary/aromatic N) is 5. The van der Waals surface area contributed by atoms with Crippen LogP contribution in [0.2, 0.25) is 0 Å². The molecule has 0 spiro atoms. The Kier molecular flexibility index (Phi) is 5.77. The Balaban J connectivity index is 1.40. The molecule has 0 aliphatic carbocycles. The van der Waals surface area contributed by atoms with Crippen LogP contribution in [0.1, 0.15) is 12.0 Å². The number of fused-ring (bicyclic) bond motifs is 1.